The standard InChI is InChI=1S/C40H32N10O13S3/c1-22-35(39(53)49(47-22)29-12-16-31(17-13-29)64(55,56)57)45-43-26-7-3-24(4-8-26)37(51)41-28-11-20-33(34(21-28)66(61,62)63)42-38(52)25-5-9-27(10-6-25)44-46-36-23(2)48-50(40(36)54)30-14-18-32(19-15-30)65(58,59)60/h3-21,47-48H,1-2H3,(H,41,51)(H,42,52)(H,55,56,57)(H,58,59,60)(H,61,62,63). The number of benzene rings is 5. The second-order valence-corrected chi connectivity index (χ2v) is 18.2. The van der Waals surface area contributed by atoms with E-state index in [1.54, 1.807) is 13.8 Å². The Labute approximate surface area is 372 Å². The number of carbonyl (C=O) groups excluding carboxylic acids is 2. The lowest BCUT2D eigenvalue weighted by Crippen LogP contribution is -2.16. The van der Waals surface area contributed by atoms with E-state index in [0.717, 1.165) is 45.8 Å². The number of hydrogen-bond acceptors (Lipinski definition) is 14. The van der Waals surface area contributed by atoms with Gasteiger partial charge in [-0.25, -0.2) is 9.36 Å². The molecule has 7 N–H and O–H groups in total. The number of nitrogens with one attached hydrogen (secondary N) is 4. The molecule has 0 aliphatic rings. The topological polar surface area (TPSA) is 346 Å². The van der Waals surface area contributed by atoms with E-state index < -0.39 is 58.2 Å². The highest BCUT2D eigenvalue weighted by Crippen LogP contribution is 2.28. The molecule has 66 heavy (non-hydrogen) atoms. The van der Waals surface area contributed by atoms with Gasteiger partial charge < -0.3 is 10.6 Å². The van der Waals surface area contributed by atoms with Crippen molar-refractivity contribution in [1.82, 2.24) is 19.6 Å². The summed E-state index contributed by atoms with van der Waals surface area (Å²) in [5.41, 5.74) is 0.0531. The van der Waals surface area contributed by atoms with Crippen LogP contribution in [0.25, 0.3) is 11.4 Å². The SMILES string of the molecule is Cc1[nH]n(-c2ccc(S(=O)(=O)O)cc2)c(=O)c1N=Nc1ccc(C(=O)Nc2ccc(NC(=O)c3ccc(N=Nc4c(C)[nH]n(-c5ccc(S(=O)(=O)O)cc5)c4=O)cc3)c(S(=O)(=O)O)c2)cc1. The number of carbonyl (C=O) groups is 2. The highest BCUT2D eigenvalue weighted by atomic mass is 32.2. The largest absolute Gasteiger partial charge is 0.322 e. The number of nitrogens with zero attached hydrogens (tertiary/aromatic N) is 6. The minimum atomic E-state index is -4.96. The zero-order valence-electron chi connectivity index (χ0n) is 33.8. The number of hydrogen-bond donors (Lipinski definition) is 7. The maximum Gasteiger partial charge on any atom is 0.299 e. The number of aromatic amines is 2. The van der Waals surface area contributed by atoms with Crippen LogP contribution in [-0.2, 0) is 30.4 Å². The first kappa shape index (κ1) is 46.0. The molecule has 0 aliphatic heterocycles. The number of azo groups is 2. The van der Waals surface area contributed by atoms with Crippen molar-refractivity contribution in [3.8, 4) is 11.4 Å². The Balaban J connectivity index is 0.990. The molecule has 0 fully saturated rings. The zero-order valence-corrected chi connectivity index (χ0v) is 36.3. The van der Waals surface area contributed by atoms with E-state index in [0.29, 0.717) is 11.4 Å². The van der Waals surface area contributed by atoms with Crippen LogP contribution in [0.15, 0.2) is 160 Å². The molecule has 0 bridgehead atoms. The third-order valence-electron chi connectivity index (χ3n) is 9.42. The Kier molecular flexibility index (Phi) is 12.5. The van der Waals surface area contributed by atoms with Crippen LogP contribution in [0.3, 0.4) is 0 Å². The highest BCUT2D eigenvalue weighted by molar-refractivity contribution is 7.86. The number of H-pyrrole nitrogens is 2. The lowest BCUT2D eigenvalue weighted by atomic mass is 10.1. The molecular formula is C40H32N10O13S3. The highest BCUT2D eigenvalue weighted by Gasteiger charge is 2.21. The second-order valence-electron chi connectivity index (χ2n) is 14.0. The van der Waals surface area contributed by atoms with Gasteiger partial charge in [0.05, 0.1) is 49.6 Å². The maximum atomic E-state index is 13.2. The Morgan fingerprint density at radius 3 is 1.29 bits per heavy atom. The number of amides is 2. The summed E-state index contributed by atoms with van der Waals surface area (Å²) in [5, 5.41) is 26.7. The van der Waals surface area contributed by atoms with Crippen LogP contribution in [0.2, 0.25) is 0 Å². The molecule has 0 atom stereocenters. The first-order chi connectivity index (χ1) is 31.1. The molecule has 0 aliphatic carbocycles. The van der Waals surface area contributed by atoms with Gasteiger partial charge in [0, 0.05) is 16.8 Å². The molecule has 5 aromatic carbocycles. The van der Waals surface area contributed by atoms with Crippen molar-refractivity contribution in [2.45, 2.75) is 28.5 Å². The fourth-order valence-corrected chi connectivity index (χ4v) is 7.73. The molecule has 0 spiro atoms. The molecule has 338 valence electrons. The van der Waals surface area contributed by atoms with E-state index in [1.165, 1.54) is 78.9 Å². The number of anilines is 2. The van der Waals surface area contributed by atoms with Crippen molar-refractivity contribution < 1.29 is 48.5 Å². The Hall–Kier alpha value is -8.01. The molecule has 7 aromatic rings. The first-order valence-corrected chi connectivity index (χ1v) is 23.0. The van der Waals surface area contributed by atoms with Crippen LogP contribution in [0.1, 0.15) is 32.1 Å². The van der Waals surface area contributed by atoms with Gasteiger partial charge in [-0.1, -0.05) is 0 Å². The third-order valence-corrected chi connectivity index (χ3v) is 12.1. The van der Waals surface area contributed by atoms with Crippen molar-refractivity contribution in [2.24, 2.45) is 20.5 Å². The summed E-state index contributed by atoms with van der Waals surface area (Å²) in [7, 11) is -13.8. The van der Waals surface area contributed by atoms with Gasteiger partial charge in [0.1, 0.15) is 4.90 Å². The molecule has 0 saturated heterocycles. The van der Waals surface area contributed by atoms with Crippen molar-refractivity contribution >= 4 is 76.3 Å². The number of rotatable bonds is 13. The minimum Gasteiger partial charge on any atom is -0.322 e. The van der Waals surface area contributed by atoms with Gasteiger partial charge in [-0.15, -0.1) is 10.2 Å². The summed E-state index contributed by atoms with van der Waals surface area (Å²) >= 11 is 0. The fourth-order valence-electron chi connectivity index (χ4n) is 6.10. The van der Waals surface area contributed by atoms with Gasteiger partial charge in [-0.3, -0.25) is 43.0 Å². The average Bonchev–Trinajstić information content (AvgIpc) is 3.72. The maximum absolute atomic E-state index is 13.2. The van der Waals surface area contributed by atoms with Crippen molar-refractivity contribution in [2.75, 3.05) is 10.6 Å². The molecule has 0 unspecified atom stereocenters. The monoisotopic (exact) mass is 956 g/mol. The van der Waals surface area contributed by atoms with E-state index in [4.69, 9.17) is 0 Å². The Morgan fingerprint density at radius 1 is 0.515 bits per heavy atom. The number of aromatic nitrogens is 4. The molecule has 0 saturated carbocycles. The fraction of sp³-hybridized carbons (Fsp3) is 0.0500. The second kappa shape index (κ2) is 17.9. The van der Waals surface area contributed by atoms with E-state index in [1.807, 2.05) is 0 Å². The van der Waals surface area contributed by atoms with Crippen LogP contribution in [0.5, 0.6) is 0 Å². The number of aryl methyl sites for hydroxylation is 2. The summed E-state index contributed by atoms with van der Waals surface area (Å²) in [6.07, 6.45) is 0. The summed E-state index contributed by atoms with van der Waals surface area (Å²) < 4.78 is 101. The van der Waals surface area contributed by atoms with E-state index >= 15 is 0 Å². The lowest BCUT2D eigenvalue weighted by Gasteiger charge is -2.12. The van der Waals surface area contributed by atoms with Gasteiger partial charge in [-0.2, -0.15) is 35.5 Å². The first-order valence-electron chi connectivity index (χ1n) is 18.6. The van der Waals surface area contributed by atoms with Gasteiger partial charge in [0.25, 0.3) is 53.3 Å². The van der Waals surface area contributed by atoms with Crippen LogP contribution >= 0.6 is 0 Å². The average molecular weight is 957 g/mol. The summed E-state index contributed by atoms with van der Waals surface area (Å²) in [6.45, 7) is 3.12. The van der Waals surface area contributed by atoms with E-state index in [2.05, 4.69) is 41.3 Å². The van der Waals surface area contributed by atoms with Gasteiger partial charge in [-0.05, 0) is 129 Å². The van der Waals surface area contributed by atoms with Crippen molar-refractivity contribution in [1.29, 1.82) is 0 Å². The van der Waals surface area contributed by atoms with Gasteiger partial charge in [0.2, 0.25) is 0 Å². The quantitative estimate of drug-likeness (QED) is 0.0491. The van der Waals surface area contributed by atoms with Gasteiger partial charge >= 0.3 is 0 Å². The zero-order chi connectivity index (χ0) is 47.7. The Morgan fingerprint density at radius 2 is 0.909 bits per heavy atom. The molecule has 26 heteroatoms. The molecule has 0 radical (unpaired) electrons. The smallest absolute Gasteiger partial charge is 0.299 e. The molecule has 23 nitrogen and oxygen atoms in total. The van der Waals surface area contributed by atoms with E-state index in [-0.39, 0.29) is 66.4 Å². The van der Waals surface area contributed by atoms with Crippen molar-refractivity contribution in [3.63, 3.8) is 0 Å². The van der Waals surface area contributed by atoms with Gasteiger partial charge in [0.15, 0.2) is 11.4 Å². The van der Waals surface area contributed by atoms with Crippen LogP contribution < -0.4 is 21.8 Å². The summed E-state index contributed by atoms with van der Waals surface area (Å²) in [6, 6.07) is 24.2. The minimum absolute atomic E-state index is 0.0378. The molecular weight excluding hydrogens is 925 g/mol. The Bertz CT molecular complexity index is 3580. The molecule has 7 rings (SSSR count). The predicted octanol–water partition coefficient (Wildman–Crippen LogP) is 6.34. The van der Waals surface area contributed by atoms with Crippen LogP contribution in [0, 0.1) is 13.8 Å². The van der Waals surface area contributed by atoms with E-state index in [9.17, 15) is 58.1 Å². The predicted molar refractivity (Wildman–Crippen MR) is 235 cm³/mol. The molecule has 2 heterocycles. The normalized spacial score (nSPS) is 12.2. The summed E-state index contributed by atoms with van der Waals surface area (Å²) in [4.78, 5) is 50.9. The van der Waals surface area contributed by atoms with Crippen LogP contribution in [-0.4, -0.2) is 70.3 Å². The van der Waals surface area contributed by atoms with Crippen molar-refractivity contribution in [3.05, 3.63) is 158 Å². The lowest BCUT2D eigenvalue weighted by molar-refractivity contribution is 0.101. The van der Waals surface area contributed by atoms with Crippen LogP contribution in [0.4, 0.5) is 34.1 Å². The third kappa shape index (κ3) is 10.2. The molecule has 2 amide bonds. The molecule has 2 aromatic heterocycles. The summed E-state index contributed by atoms with van der Waals surface area (Å²) in [5.74, 6) is -1.48.